The van der Waals surface area contributed by atoms with Crippen molar-refractivity contribution in [3.05, 3.63) is 47.5 Å². The lowest BCUT2D eigenvalue weighted by Gasteiger charge is -2.37. The summed E-state index contributed by atoms with van der Waals surface area (Å²) in [5.74, 6) is -0.463. The first-order valence-corrected chi connectivity index (χ1v) is 7.79. The summed E-state index contributed by atoms with van der Waals surface area (Å²) in [5, 5.41) is 14.0. The van der Waals surface area contributed by atoms with Crippen molar-refractivity contribution in [2.45, 2.75) is 12.8 Å². The Morgan fingerprint density at radius 1 is 1.04 bits per heavy atom. The van der Waals surface area contributed by atoms with E-state index in [4.69, 9.17) is 5.26 Å². The fraction of sp³-hybridized carbons (Fsp3) is 0.333. The fourth-order valence-corrected chi connectivity index (χ4v) is 3.94. The van der Waals surface area contributed by atoms with Gasteiger partial charge in [-0.05, 0) is 42.4 Å². The SMILES string of the molecule is N#Cc1ccc(/C=N\N2C(=O)[C@H]3[C@H](C2=O)[C@H]2C=C[C@H]3CC2)cc1. The molecule has 0 spiro atoms. The standard InChI is InChI=1S/C18H15N3O2/c19-9-11-1-3-12(4-2-11)10-20-21-17(22)15-13-5-6-14(8-7-13)16(15)18(21)23/h1-6,10,13-16H,7-8H2/b20-10-/t13-,14-,15+,16+/m0/s1. The number of imide groups is 1. The van der Waals surface area contributed by atoms with Crippen LogP contribution in [0.3, 0.4) is 0 Å². The van der Waals surface area contributed by atoms with Crippen molar-refractivity contribution in [1.29, 1.82) is 5.26 Å². The first-order chi connectivity index (χ1) is 11.2. The second kappa shape index (κ2) is 5.17. The van der Waals surface area contributed by atoms with Crippen LogP contribution in [0.2, 0.25) is 0 Å². The molecule has 5 heteroatoms. The number of carbonyl (C=O) groups is 2. The highest BCUT2D eigenvalue weighted by molar-refractivity contribution is 6.06. The third-order valence-electron chi connectivity index (χ3n) is 5.10. The predicted molar refractivity (Wildman–Crippen MR) is 82.9 cm³/mol. The van der Waals surface area contributed by atoms with E-state index in [2.05, 4.69) is 17.3 Å². The Labute approximate surface area is 133 Å². The number of hydrogen-bond acceptors (Lipinski definition) is 4. The van der Waals surface area contributed by atoms with E-state index in [1.165, 1.54) is 6.21 Å². The van der Waals surface area contributed by atoms with Crippen LogP contribution in [0.5, 0.6) is 0 Å². The molecule has 1 saturated heterocycles. The highest BCUT2D eigenvalue weighted by atomic mass is 16.2. The van der Waals surface area contributed by atoms with Gasteiger partial charge in [-0.1, -0.05) is 24.3 Å². The number of fused-ring (bicyclic) bond motifs is 1. The summed E-state index contributed by atoms with van der Waals surface area (Å²) in [6.45, 7) is 0. The summed E-state index contributed by atoms with van der Waals surface area (Å²) in [6, 6.07) is 8.89. The molecule has 5 rings (SSSR count). The Morgan fingerprint density at radius 3 is 2.09 bits per heavy atom. The Kier molecular flexibility index (Phi) is 3.12. The van der Waals surface area contributed by atoms with Gasteiger partial charge in [-0.15, -0.1) is 0 Å². The highest BCUT2D eigenvalue weighted by Crippen LogP contribution is 2.49. The zero-order chi connectivity index (χ0) is 16.0. The quantitative estimate of drug-likeness (QED) is 0.477. The number of allylic oxidation sites excluding steroid dienone is 2. The average molecular weight is 305 g/mol. The van der Waals surface area contributed by atoms with Crippen molar-refractivity contribution in [3.63, 3.8) is 0 Å². The van der Waals surface area contributed by atoms with Crippen LogP contribution in [-0.4, -0.2) is 23.0 Å². The van der Waals surface area contributed by atoms with Gasteiger partial charge in [0.15, 0.2) is 0 Å². The summed E-state index contributed by atoms with van der Waals surface area (Å²) in [5.41, 5.74) is 1.31. The van der Waals surface area contributed by atoms with Gasteiger partial charge in [-0.3, -0.25) is 9.59 Å². The lowest BCUT2D eigenvalue weighted by molar-refractivity contribution is -0.140. The van der Waals surface area contributed by atoms with E-state index in [1.54, 1.807) is 24.3 Å². The Hall–Kier alpha value is -2.74. The maximum atomic E-state index is 12.6. The second-order valence-electron chi connectivity index (χ2n) is 6.31. The smallest absolute Gasteiger partial charge is 0.254 e. The summed E-state index contributed by atoms with van der Waals surface area (Å²) in [7, 11) is 0. The van der Waals surface area contributed by atoms with Crippen molar-refractivity contribution in [3.8, 4) is 6.07 Å². The Morgan fingerprint density at radius 2 is 1.61 bits per heavy atom. The van der Waals surface area contributed by atoms with Gasteiger partial charge in [0.05, 0.1) is 29.7 Å². The number of nitriles is 1. The van der Waals surface area contributed by atoms with E-state index in [0.29, 0.717) is 5.56 Å². The zero-order valence-electron chi connectivity index (χ0n) is 12.4. The number of hydrogen-bond donors (Lipinski definition) is 0. The van der Waals surface area contributed by atoms with Gasteiger partial charge in [0.1, 0.15) is 0 Å². The summed E-state index contributed by atoms with van der Waals surface area (Å²) < 4.78 is 0. The van der Waals surface area contributed by atoms with Gasteiger partial charge in [-0.25, -0.2) is 0 Å². The molecule has 0 N–H and O–H groups in total. The molecule has 3 aliphatic carbocycles. The number of benzene rings is 1. The summed E-state index contributed by atoms with van der Waals surface area (Å²) in [4.78, 5) is 25.2. The van der Waals surface area contributed by atoms with Crippen molar-refractivity contribution in [2.75, 3.05) is 0 Å². The Bertz CT molecular complexity index is 740. The number of rotatable bonds is 2. The molecule has 4 aliphatic rings. The topological polar surface area (TPSA) is 73.5 Å². The molecular formula is C18H15N3O2. The molecule has 0 aromatic heterocycles. The van der Waals surface area contributed by atoms with Crippen LogP contribution in [0.15, 0.2) is 41.5 Å². The molecule has 1 aromatic carbocycles. The molecule has 2 amide bonds. The lowest BCUT2D eigenvalue weighted by atomic mass is 9.63. The lowest BCUT2D eigenvalue weighted by Crippen LogP contribution is -2.38. The first-order valence-electron chi connectivity index (χ1n) is 7.79. The molecule has 1 aliphatic heterocycles. The fourth-order valence-electron chi connectivity index (χ4n) is 3.94. The van der Waals surface area contributed by atoms with E-state index in [0.717, 1.165) is 23.4 Å². The van der Waals surface area contributed by atoms with Crippen molar-refractivity contribution < 1.29 is 9.59 Å². The highest BCUT2D eigenvalue weighted by Gasteiger charge is 2.56. The number of carbonyl (C=O) groups excluding carboxylic acids is 2. The molecular weight excluding hydrogens is 290 g/mol. The second-order valence-corrected chi connectivity index (χ2v) is 6.31. The molecule has 4 atom stereocenters. The summed E-state index contributed by atoms with van der Waals surface area (Å²) >= 11 is 0. The van der Waals surface area contributed by atoms with Crippen LogP contribution in [0.4, 0.5) is 0 Å². The van der Waals surface area contributed by atoms with Crippen LogP contribution in [0.1, 0.15) is 24.0 Å². The van der Waals surface area contributed by atoms with Crippen molar-refractivity contribution in [1.82, 2.24) is 5.01 Å². The van der Waals surface area contributed by atoms with Crippen LogP contribution in [-0.2, 0) is 9.59 Å². The van der Waals surface area contributed by atoms with Crippen LogP contribution >= 0.6 is 0 Å². The molecule has 0 radical (unpaired) electrons. The van der Waals surface area contributed by atoms with E-state index in [1.807, 2.05) is 6.07 Å². The maximum absolute atomic E-state index is 12.6. The van der Waals surface area contributed by atoms with Gasteiger partial charge < -0.3 is 0 Å². The third-order valence-corrected chi connectivity index (χ3v) is 5.10. The minimum atomic E-state index is -0.232. The zero-order valence-corrected chi connectivity index (χ0v) is 12.4. The van der Waals surface area contributed by atoms with E-state index < -0.39 is 0 Å². The molecule has 0 unspecified atom stereocenters. The van der Waals surface area contributed by atoms with E-state index in [9.17, 15) is 9.59 Å². The monoisotopic (exact) mass is 305 g/mol. The molecule has 114 valence electrons. The number of hydrazone groups is 1. The first kappa shape index (κ1) is 13.9. The van der Waals surface area contributed by atoms with E-state index >= 15 is 0 Å². The molecule has 5 nitrogen and oxygen atoms in total. The average Bonchev–Trinajstić information content (AvgIpc) is 2.88. The molecule has 2 bridgehead atoms. The van der Waals surface area contributed by atoms with E-state index in [-0.39, 0.29) is 35.5 Å². The molecule has 1 saturated carbocycles. The minimum absolute atomic E-state index is 0.177. The van der Waals surface area contributed by atoms with Crippen LogP contribution < -0.4 is 0 Å². The largest absolute Gasteiger partial charge is 0.272 e. The third kappa shape index (κ3) is 2.10. The summed E-state index contributed by atoms with van der Waals surface area (Å²) in [6.07, 6.45) is 7.65. The Balaban J connectivity index is 1.58. The molecule has 23 heavy (non-hydrogen) atoms. The van der Waals surface area contributed by atoms with Crippen LogP contribution in [0.25, 0.3) is 0 Å². The van der Waals surface area contributed by atoms with Crippen molar-refractivity contribution in [2.24, 2.45) is 28.8 Å². The number of amides is 2. The minimum Gasteiger partial charge on any atom is -0.272 e. The predicted octanol–water partition coefficient (Wildman–Crippen LogP) is 2.09. The molecule has 1 aromatic rings. The number of nitrogens with zero attached hydrogens (tertiary/aromatic N) is 3. The molecule has 2 fully saturated rings. The maximum Gasteiger partial charge on any atom is 0.254 e. The van der Waals surface area contributed by atoms with Gasteiger partial charge in [0.25, 0.3) is 11.8 Å². The van der Waals surface area contributed by atoms with Gasteiger partial charge in [-0.2, -0.15) is 15.4 Å². The molecule has 1 heterocycles. The van der Waals surface area contributed by atoms with Crippen LogP contribution in [0, 0.1) is 35.0 Å². The van der Waals surface area contributed by atoms with Gasteiger partial charge in [0.2, 0.25) is 0 Å². The normalized spacial score (nSPS) is 31.7. The van der Waals surface area contributed by atoms with Gasteiger partial charge in [0, 0.05) is 0 Å². The van der Waals surface area contributed by atoms with Crippen molar-refractivity contribution >= 4 is 18.0 Å². The van der Waals surface area contributed by atoms with Gasteiger partial charge >= 0.3 is 0 Å².